The van der Waals surface area contributed by atoms with Gasteiger partial charge in [0.15, 0.2) is 11.2 Å². The van der Waals surface area contributed by atoms with Crippen LogP contribution in [0.3, 0.4) is 0 Å². The van der Waals surface area contributed by atoms with E-state index in [4.69, 9.17) is 4.98 Å². The van der Waals surface area contributed by atoms with Gasteiger partial charge >= 0.3 is 5.69 Å². The van der Waals surface area contributed by atoms with E-state index in [0.717, 1.165) is 57.1 Å². The summed E-state index contributed by atoms with van der Waals surface area (Å²) in [7, 11) is 1.65. The Labute approximate surface area is 198 Å². The molecule has 5 rings (SSSR count). The van der Waals surface area contributed by atoms with E-state index in [1.54, 1.807) is 7.05 Å². The van der Waals surface area contributed by atoms with Crippen molar-refractivity contribution in [2.45, 2.75) is 19.4 Å². The first-order valence-electron chi connectivity index (χ1n) is 11.8. The fourth-order valence-corrected chi connectivity index (χ4v) is 4.70. The van der Waals surface area contributed by atoms with Crippen molar-refractivity contribution in [1.29, 1.82) is 0 Å². The number of nitrogens with zero attached hydrogens (tertiary/aromatic N) is 5. The molecule has 8 heteroatoms. The minimum atomic E-state index is -0.448. The van der Waals surface area contributed by atoms with E-state index in [-0.39, 0.29) is 0 Å². The molecule has 0 spiro atoms. The molecule has 0 atom stereocenters. The summed E-state index contributed by atoms with van der Waals surface area (Å²) in [5, 5.41) is 0. The lowest BCUT2D eigenvalue weighted by atomic mass is 10.1. The molecule has 4 aromatic rings. The number of piperazine rings is 1. The maximum atomic E-state index is 12.8. The van der Waals surface area contributed by atoms with E-state index in [2.05, 4.69) is 45.1 Å². The number of aromatic amines is 1. The van der Waals surface area contributed by atoms with Gasteiger partial charge in [0, 0.05) is 33.2 Å². The smallest absolute Gasteiger partial charge is 0.329 e. The normalized spacial score (nSPS) is 14.7. The van der Waals surface area contributed by atoms with E-state index < -0.39 is 11.2 Å². The molecule has 0 amide bonds. The second-order valence-electron chi connectivity index (χ2n) is 8.89. The molecule has 1 saturated heterocycles. The average Bonchev–Trinajstić information content (AvgIpc) is 3.24. The van der Waals surface area contributed by atoms with E-state index in [9.17, 15) is 9.59 Å². The Bertz CT molecular complexity index is 1370. The summed E-state index contributed by atoms with van der Waals surface area (Å²) in [6.07, 6.45) is 2.22. The number of hydrogen-bond acceptors (Lipinski definition) is 5. The van der Waals surface area contributed by atoms with Gasteiger partial charge in [-0.05, 0) is 30.5 Å². The number of anilines is 1. The second-order valence-corrected chi connectivity index (χ2v) is 8.89. The van der Waals surface area contributed by atoms with Crippen LogP contribution in [0, 0.1) is 0 Å². The Balaban J connectivity index is 1.35. The number of benzene rings is 2. The van der Waals surface area contributed by atoms with Gasteiger partial charge < -0.3 is 4.90 Å². The SMILES string of the molecule is Cn1c(=O)[nH]c(=O)c2c1nc(N1CCN(CCCc3ccccc3)CC1)n2Cc1ccccc1. The van der Waals surface area contributed by atoms with Crippen LogP contribution in [0.2, 0.25) is 0 Å². The number of imidazole rings is 1. The number of aromatic nitrogens is 4. The third-order valence-electron chi connectivity index (χ3n) is 6.61. The Kier molecular flexibility index (Phi) is 6.31. The number of hydrogen-bond donors (Lipinski definition) is 1. The summed E-state index contributed by atoms with van der Waals surface area (Å²) in [6, 6.07) is 20.6. The van der Waals surface area contributed by atoms with Crippen molar-refractivity contribution in [2.24, 2.45) is 7.05 Å². The highest BCUT2D eigenvalue weighted by molar-refractivity contribution is 5.74. The molecule has 176 valence electrons. The Morgan fingerprint density at radius 1 is 0.882 bits per heavy atom. The van der Waals surface area contributed by atoms with Gasteiger partial charge in [-0.1, -0.05) is 60.7 Å². The van der Waals surface area contributed by atoms with Crippen molar-refractivity contribution in [3.63, 3.8) is 0 Å². The zero-order valence-electron chi connectivity index (χ0n) is 19.5. The van der Waals surface area contributed by atoms with Crippen LogP contribution in [0.4, 0.5) is 5.95 Å². The van der Waals surface area contributed by atoms with Crippen LogP contribution in [0.25, 0.3) is 11.2 Å². The van der Waals surface area contributed by atoms with Crippen molar-refractivity contribution in [1.82, 2.24) is 24.0 Å². The van der Waals surface area contributed by atoms with E-state index in [1.165, 1.54) is 10.1 Å². The summed E-state index contributed by atoms with van der Waals surface area (Å²) < 4.78 is 3.37. The molecule has 8 nitrogen and oxygen atoms in total. The molecule has 1 fully saturated rings. The van der Waals surface area contributed by atoms with Crippen LogP contribution in [-0.2, 0) is 20.0 Å². The molecule has 1 aliphatic heterocycles. The van der Waals surface area contributed by atoms with Crippen molar-refractivity contribution in [3.8, 4) is 0 Å². The van der Waals surface area contributed by atoms with Gasteiger partial charge in [0.25, 0.3) is 5.56 Å². The summed E-state index contributed by atoms with van der Waals surface area (Å²) in [6.45, 7) is 5.13. The molecular formula is C26H30N6O2. The lowest BCUT2D eigenvalue weighted by Crippen LogP contribution is -2.47. The summed E-state index contributed by atoms with van der Waals surface area (Å²) in [5.74, 6) is 0.745. The highest BCUT2D eigenvalue weighted by Crippen LogP contribution is 2.22. The van der Waals surface area contributed by atoms with Crippen LogP contribution < -0.4 is 16.1 Å². The molecule has 34 heavy (non-hydrogen) atoms. The molecule has 1 aliphatic rings. The van der Waals surface area contributed by atoms with Crippen molar-refractivity contribution in [2.75, 3.05) is 37.6 Å². The quantitative estimate of drug-likeness (QED) is 0.460. The molecule has 0 radical (unpaired) electrons. The van der Waals surface area contributed by atoms with E-state index in [1.807, 2.05) is 34.9 Å². The zero-order valence-corrected chi connectivity index (χ0v) is 19.5. The predicted octanol–water partition coefficient (Wildman–Crippen LogP) is 2.23. The lowest BCUT2D eigenvalue weighted by molar-refractivity contribution is 0.253. The van der Waals surface area contributed by atoms with Crippen molar-refractivity contribution in [3.05, 3.63) is 92.6 Å². The predicted molar refractivity (Wildman–Crippen MR) is 135 cm³/mol. The van der Waals surface area contributed by atoms with Gasteiger partial charge in [0.2, 0.25) is 5.95 Å². The lowest BCUT2D eigenvalue weighted by Gasteiger charge is -2.35. The van der Waals surface area contributed by atoms with Gasteiger partial charge in [-0.15, -0.1) is 0 Å². The molecule has 2 aromatic heterocycles. The Morgan fingerprint density at radius 2 is 1.53 bits per heavy atom. The first-order valence-corrected chi connectivity index (χ1v) is 11.8. The molecule has 0 saturated carbocycles. The van der Waals surface area contributed by atoms with Gasteiger partial charge in [0.1, 0.15) is 0 Å². The standard InChI is InChI=1S/C26H30N6O2/c1-29-23-22(24(33)28-26(29)34)32(19-21-11-6-3-7-12-21)25(27-23)31-17-15-30(16-18-31)14-8-13-20-9-4-2-5-10-20/h2-7,9-12H,8,13-19H2,1H3,(H,28,33,34). The van der Waals surface area contributed by atoms with Gasteiger partial charge in [-0.3, -0.25) is 23.8 Å². The molecular weight excluding hydrogens is 428 g/mol. The number of aryl methyl sites for hydroxylation is 2. The monoisotopic (exact) mass is 458 g/mol. The fraction of sp³-hybridized carbons (Fsp3) is 0.346. The molecule has 0 aliphatic carbocycles. The maximum Gasteiger partial charge on any atom is 0.329 e. The number of rotatable bonds is 7. The molecule has 3 heterocycles. The largest absolute Gasteiger partial charge is 0.340 e. The first-order chi connectivity index (χ1) is 16.6. The van der Waals surface area contributed by atoms with Crippen molar-refractivity contribution < 1.29 is 0 Å². The van der Waals surface area contributed by atoms with Crippen LogP contribution in [-0.4, -0.2) is 56.7 Å². The fourth-order valence-electron chi connectivity index (χ4n) is 4.70. The van der Waals surface area contributed by atoms with Gasteiger partial charge in [-0.25, -0.2) is 4.79 Å². The summed E-state index contributed by atoms with van der Waals surface area (Å²) in [5.41, 5.74) is 2.47. The van der Waals surface area contributed by atoms with E-state index in [0.29, 0.717) is 17.7 Å². The minimum Gasteiger partial charge on any atom is -0.340 e. The van der Waals surface area contributed by atoms with E-state index >= 15 is 0 Å². The summed E-state index contributed by atoms with van der Waals surface area (Å²) >= 11 is 0. The topological polar surface area (TPSA) is 79.2 Å². The highest BCUT2D eigenvalue weighted by atomic mass is 16.2. The molecule has 0 unspecified atom stereocenters. The number of nitrogens with one attached hydrogen (secondary N) is 1. The van der Waals surface area contributed by atoms with Crippen LogP contribution in [0.15, 0.2) is 70.3 Å². The second kappa shape index (κ2) is 9.69. The number of fused-ring (bicyclic) bond motifs is 1. The molecule has 0 bridgehead atoms. The summed E-state index contributed by atoms with van der Waals surface area (Å²) in [4.78, 5) is 36.9. The average molecular weight is 459 g/mol. The third kappa shape index (κ3) is 4.54. The molecule has 1 N–H and O–H groups in total. The van der Waals surface area contributed by atoms with Crippen LogP contribution >= 0.6 is 0 Å². The zero-order chi connectivity index (χ0) is 23.5. The van der Waals surface area contributed by atoms with Crippen molar-refractivity contribution >= 4 is 17.1 Å². The number of H-pyrrole nitrogens is 1. The van der Waals surface area contributed by atoms with Gasteiger partial charge in [0.05, 0.1) is 6.54 Å². The minimum absolute atomic E-state index is 0.396. The van der Waals surface area contributed by atoms with Crippen LogP contribution in [0.1, 0.15) is 17.5 Å². The Hall–Kier alpha value is -3.65. The van der Waals surface area contributed by atoms with Gasteiger partial charge in [-0.2, -0.15) is 4.98 Å². The van der Waals surface area contributed by atoms with Crippen LogP contribution in [0.5, 0.6) is 0 Å². The maximum absolute atomic E-state index is 12.8. The highest BCUT2D eigenvalue weighted by Gasteiger charge is 2.25. The first kappa shape index (κ1) is 22.2. The third-order valence-corrected chi connectivity index (χ3v) is 6.61. The Morgan fingerprint density at radius 3 is 2.21 bits per heavy atom. The molecule has 2 aromatic carbocycles.